The van der Waals surface area contributed by atoms with Gasteiger partial charge in [0.2, 0.25) is 0 Å². The van der Waals surface area contributed by atoms with Crippen molar-refractivity contribution in [3.63, 3.8) is 0 Å². The molecule has 2 nitrogen and oxygen atoms in total. The standard InChI is InChI=1S/C13H8Br3FN2S/c14-7-1-3-9(4-2-7)18-13(20)19-12-10(16)5-8(15)6-11(12)17/h1-6H,(H2,18,19,20). The Kier molecular flexibility index (Phi) is 5.54. The summed E-state index contributed by atoms with van der Waals surface area (Å²) in [5, 5.41) is 6.14. The van der Waals surface area contributed by atoms with Crippen LogP contribution in [0, 0.1) is 5.82 Å². The number of rotatable bonds is 2. The number of benzene rings is 2. The second kappa shape index (κ2) is 6.98. The SMILES string of the molecule is Fc1cc(Br)cc(Br)c1NC(=S)Nc1ccc(Br)cc1. The summed E-state index contributed by atoms with van der Waals surface area (Å²) in [6.45, 7) is 0. The Bertz CT molecular complexity index is 624. The van der Waals surface area contributed by atoms with Gasteiger partial charge in [-0.1, -0.05) is 31.9 Å². The highest BCUT2D eigenvalue weighted by molar-refractivity contribution is 9.11. The van der Waals surface area contributed by atoms with Crippen molar-refractivity contribution in [1.29, 1.82) is 0 Å². The van der Waals surface area contributed by atoms with E-state index in [4.69, 9.17) is 12.2 Å². The fourth-order valence-electron chi connectivity index (χ4n) is 1.47. The van der Waals surface area contributed by atoms with Crippen LogP contribution in [0.5, 0.6) is 0 Å². The zero-order valence-electron chi connectivity index (χ0n) is 9.88. The van der Waals surface area contributed by atoms with E-state index in [9.17, 15) is 4.39 Å². The summed E-state index contributed by atoms with van der Waals surface area (Å²) in [6.07, 6.45) is 0. The Labute approximate surface area is 146 Å². The molecule has 2 N–H and O–H groups in total. The van der Waals surface area contributed by atoms with E-state index < -0.39 is 5.82 Å². The molecule has 0 atom stereocenters. The van der Waals surface area contributed by atoms with Gasteiger partial charge in [0.15, 0.2) is 5.11 Å². The molecule has 0 fully saturated rings. The van der Waals surface area contributed by atoms with Crippen LogP contribution in [0.4, 0.5) is 15.8 Å². The molecule has 0 aromatic heterocycles. The second-order valence-corrected chi connectivity index (χ2v) is 6.92. The Hall–Kier alpha value is -0.500. The van der Waals surface area contributed by atoms with E-state index in [0.29, 0.717) is 19.7 Å². The average Bonchev–Trinajstić information content (AvgIpc) is 2.36. The van der Waals surface area contributed by atoms with Crippen LogP contribution in [0.15, 0.2) is 49.8 Å². The zero-order chi connectivity index (χ0) is 14.7. The highest BCUT2D eigenvalue weighted by Crippen LogP contribution is 2.29. The molecule has 0 heterocycles. The van der Waals surface area contributed by atoms with Gasteiger partial charge in [0.25, 0.3) is 0 Å². The van der Waals surface area contributed by atoms with E-state index in [1.54, 1.807) is 6.07 Å². The van der Waals surface area contributed by atoms with Gasteiger partial charge in [-0.05, 0) is 64.5 Å². The highest BCUT2D eigenvalue weighted by atomic mass is 79.9. The first kappa shape index (κ1) is 15.9. The lowest BCUT2D eigenvalue weighted by atomic mass is 10.3. The van der Waals surface area contributed by atoms with Gasteiger partial charge in [0, 0.05) is 19.1 Å². The van der Waals surface area contributed by atoms with E-state index in [1.807, 2.05) is 24.3 Å². The number of nitrogens with one attached hydrogen (secondary N) is 2. The van der Waals surface area contributed by atoms with Crippen LogP contribution in [0.1, 0.15) is 0 Å². The first-order valence-electron chi connectivity index (χ1n) is 5.44. The maximum atomic E-state index is 13.8. The maximum absolute atomic E-state index is 13.8. The first-order valence-corrected chi connectivity index (χ1v) is 8.22. The lowest BCUT2D eigenvalue weighted by Gasteiger charge is -2.13. The van der Waals surface area contributed by atoms with E-state index in [2.05, 4.69) is 58.4 Å². The molecule has 2 aromatic carbocycles. The molecule has 0 unspecified atom stereocenters. The number of thiocarbonyl (C=S) groups is 1. The Balaban J connectivity index is 2.10. The summed E-state index contributed by atoms with van der Waals surface area (Å²) in [5.74, 6) is -0.397. The summed E-state index contributed by atoms with van der Waals surface area (Å²) in [4.78, 5) is 0. The quantitative estimate of drug-likeness (QED) is 0.519. The maximum Gasteiger partial charge on any atom is 0.175 e. The Morgan fingerprint density at radius 1 is 0.950 bits per heavy atom. The third kappa shape index (κ3) is 4.25. The highest BCUT2D eigenvalue weighted by Gasteiger charge is 2.10. The van der Waals surface area contributed by atoms with Gasteiger partial charge >= 0.3 is 0 Å². The number of halogens is 4. The molecule has 0 saturated heterocycles. The number of anilines is 2. The second-order valence-electron chi connectivity index (χ2n) is 3.83. The van der Waals surface area contributed by atoms with E-state index >= 15 is 0 Å². The van der Waals surface area contributed by atoms with Crippen molar-refractivity contribution in [2.24, 2.45) is 0 Å². The van der Waals surface area contributed by atoms with Crippen LogP contribution in [-0.4, -0.2) is 5.11 Å². The molecule has 0 bridgehead atoms. The van der Waals surface area contributed by atoms with Crippen molar-refractivity contribution in [2.75, 3.05) is 10.6 Å². The van der Waals surface area contributed by atoms with Crippen LogP contribution in [0.3, 0.4) is 0 Å². The van der Waals surface area contributed by atoms with E-state index in [-0.39, 0.29) is 0 Å². The fraction of sp³-hybridized carbons (Fsp3) is 0. The molecule has 2 aromatic rings. The van der Waals surface area contributed by atoms with Gasteiger partial charge in [-0.2, -0.15) is 0 Å². The van der Waals surface area contributed by atoms with Crippen LogP contribution in [-0.2, 0) is 0 Å². The zero-order valence-corrected chi connectivity index (χ0v) is 15.5. The Morgan fingerprint density at radius 3 is 2.20 bits per heavy atom. The summed E-state index contributed by atoms with van der Waals surface area (Å²) in [6, 6.07) is 10.6. The lowest BCUT2D eigenvalue weighted by molar-refractivity contribution is 0.630. The molecule has 0 amide bonds. The van der Waals surface area contributed by atoms with Crippen molar-refractivity contribution in [2.45, 2.75) is 0 Å². The van der Waals surface area contributed by atoms with Crippen molar-refractivity contribution in [3.05, 3.63) is 55.6 Å². The van der Waals surface area contributed by atoms with Gasteiger partial charge in [0.05, 0.1) is 5.69 Å². The smallest absolute Gasteiger partial charge is 0.175 e. The summed E-state index contributed by atoms with van der Waals surface area (Å²) >= 11 is 15.0. The molecule has 0 aliphatic carbocycles. The molecular formula is C13H8Br3FN2S. The van der Waals surface area contributed by atoms with Gasteiger partial charge in [-0.15, -0.1) is 0 Å². The van der Waals surface area contributed by atoms with Crippen molar-refractivity contribution in [3.8, 4) is 0 Å². The fourth-order valence-corrected chi connectivity index (χ4v) is 3.23. The third-order valence-electron chi connectivity index (χ3n) is 2.35. The predicted molar refractivity (Wildman–Crippen MR) is 95.8 cm³/mol. The van der Waals surface area contributed by atoms with Gasteiger partial charge in [0.1, 0.15) is 5.82 Å². The summed E-state index contributed by atoms with van der Waals surface area (Å²) in [5.41, 5.74) is 1.11. The number of hydrogen-bond donors (Lipinski definition) is 2. The molecule has 0 aliphatic rings. The van der Waals surface area contributed by atoms with Crippen molar-refractivity contribution in [1.82, 2.24) is 0 Å². The third-order valence-corrected chi connectivity index (χ3v) is 4.16. The minimum Gasteiger partial charge on any atom is -0.332 e. The summed E-state index contributed by atoms with van der Waals surface area (Å²) in [7, 11) is 0. The predicted octanol–water partition coefficient (Wildman–Crippen LogP) is 5.92. The summed E-state index contributed by atoms with van der Waals surface area (Å²) < 4.78 is 16.1. The molecule has 104 valence electrons. The average molecular weight is 483 g/mol. The van der Waals surface area contributed by atoms with E-state index in [0.717, 1.165) is 10.2 Å². The molecule has 0 saturated carbocycles. The molecular weight excluding hydrogens is 475 g/mol. The van der Waals surface area contributed by atoms with E-state index in [1.165, 1.54) is 6.07 Å². The molecule has 0 aliphatic heterocycles. The topological polar surface area (TPSA) is 24.1 Å². The minimum atomic E-state index is -0.397. The molecule has 0 spiro atoms. The van der Waals surface area contributed by atoms with Crippen LogP contribution in [0.25, 0.3) is 0 Å². The normalized spacial score (nSPS) is 10.2. The van der Waals surface area contributed by atoms with Gasteiger partial charge < -0.3 is 10.6 Å². The number of hydrogen-bond acceptors (Lipinski definition) is 1. The molecule has 0 radical (unpaired) electrons. The van der Waals surface area contributed by atoms with Gasteiger partial charge in [-0.25, -0.2) is 4.39 Å². The first-order chi connectivity index (χ1) is 9.45. The van der Waals surface area contributed by atoms with Crippen LogP contribution in [0.2, 0.25) is 0 Å². The molecule has 7 heteroatoms. The van der Waals surface area contributed by atoms with Crippen molar-refractivity contribution >= 4 is 76.5 Å². The van der Waals surface area contributed by atoms with Crippen LogP contribution >= 0.6 is 60.0 Å². The van der Waals surface area contributed by atoms with Crippen molar-refractivity contribution < 1.29 is 4.39 Å². The largest absolute Gasteiger partial charge is 0.332 e. The lowest BCUT2D eigenvalue weighted by Crippen LogP contribution is -2.20. The Morgan fingerprint density at radius 2 is 1.60 bits per heavy atom. The molecule has 2 rings (SSSR count). The van der Waals surface area contributed by atoms with Gasteiger partial charge in [-0.3, -0.25) is 0 Å². The van der Waals surface area contributed by atoms with Crippen LogP contribution < -0.4 is 10.6 Å². The minimum absolute atomic E-state index is 0.294. The molecule has 20 heavy (non-hydrogen) atoms. The monoisotopic (exact) mass is 480 g/mol.